The number of fused-ring (bicyclic) bond motifs is 1. The molecule has 0 saturated carbocycles. The van der Waals surface area contributed by atoms with Gasteiger partial charge in [-0.2, -0.15) is 0 Å². The zero-order chi connectivity index (χ0) is 14.3. The summed E-state index contributed by atoms with van der Waals surface area (Å²) < 4.78 is 1.25. The lowest BCUT2D eigenvalue weighted by Crippen LogP contribution is -2.44. The van der Waals surface area contributed by atoms with E-state index in [9.17, 15) is 14.4 Å². The first-order valence-corrected chi connectivity index (χ1v) is 6.44. The van der Waals surface area contributed by atoms with E-state index in [4.69, 9.17) is 11.6 Å². The number of nitrogens with zero attached hydrogens (tertiary/aromatic N) is 2. The Morgan fingerprint density at radius 1 is 1.30 bits per heavy atom. The highest BCUT2D eigenvalue weighted by Crippen LogP contribution is 2.19. The van der Waals surface area contributed by atoms with Crippen molar-refractivity contribution in [2.24, 2.45) is 0 Å². The van der Waals surface area contributed by atoms with E-state index in [0.717, 1.165) is 0 Å². The molecule has 1 saturated heterocycles. The zero-order valence-corrected chi connectivity index (χ0v) is 11.1. The Labute approximate surface area is 118 Å². The second-order valence-corrected chi connectivity index (χ2v) is 5.02. The Bertz CT molecular complexity index is 784. The van der Waals surface area contributed by atoms with E-state index in [1.54, 1.807) is 12.1 Å². The first-order chi connectivity index (χ1) is 9.56. The molecule has 1 N–H and O–H groups in total. The van der Waals surface area contributed by atoms with Gasteiger partial charge >= 0.3 is 0 Å². The first-order valence-electron chi connectivity index (χ1n) is 6.06. The lowest BCUT2D eigenvalue weighted by atomic mass is 10.1. The zero-order valence-electron chi connectivity index (χ0n) is 10.3. The minimum absolute atomic E-state index is 0.205. The van der Waals surface area contributed by atoms with Crippen molar-refractivity contribution in [3.05, 3.63) is 39.9 Å². The lowest BCUT2D eigenvalue weighted by Gasteiger charge is -2.22. The van der Waals surface area contributed by atoms with Crippen molar-refractivity contribution in [1.82, 2.24) is 14.9 Å². The molecule has 7 heteroatoms. The predicted octanol–water partition coefficient (Wildman–Crippen LogP) is 1.03. The lowest BCUT2D eigenvalue weighted by molar-refractivity contribution is -0.135. The van der Waals surface area contributed by atoms with Crippen molar-refractivity contribution in [3.63, 3.8) is 0 Å². The largest absolute Gasteiger partial charge is 0.295 e. The number of amides is 2. The average molecular weight is 292 g/mol. The molecule has 1 aliphatic rings. The van der Waals surface area contributed by atoms with Crippen LogP contribution in [0.1, 0.15) is 18.9 Å². The normalized spacial score (nSPS) is 19.1. The molecule has 1 aliphatic heterocycles. The smallest absolute Gasteiger partial charge is 0.261 e. The predicted molar refractivity (Wildman–Crippen MR) is 72.4 cm³/mol. The molecule has 1 fully saturated rings. The summed E-state index contributed by atoms with van der Waals surface area (Å²) in [6.07, 6.45) is 1.83. The summed E-state index contributed by atoms with van der Waals surface area (Å²) in [6.45, 7) is 0. The third kappa shape index (κ3) is 2.08. The molecule has 20 heavy (non-hydrogen) atoms. The number of carbonyl (C=O) groups excluding carboxylic acids is 2. The maximum absolute atomic E-state index is 12.4. The highest BCUT2D eigenvalue weighted by atomic mass is 35.5. The molecule has 2 heterocycles. The molecule has 1 atom stereocenters. The molecule has 2 aromatic rings. The summed E-state index contributed by atoms with van der Waals surface area (Å²) in [7, 11) is 0. The van der Waals surface area contributed by atoms with Crippen LogP contribution < -0.4 is 10.9 Å². The van der Waals surface area contributed by atoms with Crippen LogP contribution in [-0.2, 0) is 9.59 Å². The Morgan fingerprint density at radius 3 is 2.85 bits per heavy atom. The van der Waals surface area contributed by atoms with Gasteiger partial charge in [-0.25, -0.2) is 4.98 Å². The number of imide groups is 1. The fraction of sp³-hybridized carbons (Fsp3) is 0.231. The molecule has 0 bridgehead atoms. The quantitative estimate of drug-likeness (QED) is 0.796. The second-order valence-electron chi connectivity index (χ2n) is 4.59. The van der Waals surface area contributed by atoms with E-state index in [1.165, 1.54) is 17.0 Å². The van der Waals surface area contributed by atoms with Gasteiger partial charge in [0.15, 0.2) is 0 Å². The van der Waals surface area contributed by atoms with Gasteiger partial charge in [0.25, 0.3) is 5.56 Å². The summed E-state index contributed by atoms with van der Waals surface area (Å²) >= 11 is 5.88. The summed E-state index contributed by atoms with van der Waals surface area (Å²) in [6, 6.07) is 4.10. The second kappa shape index (κ2) is 4.72. The van der Waals surface area contributed by atoms with Gasteiger partial charge in [0.05, 0.1) is 17.2 Å². The van der Waals surface area contributed by atoms with E-state index in [-0.39, 0.29) is 17.9 Å². The van der Waals surface area contributed by atoms with Crippen molar-refractivity contribution in [3.8, 4) is 0 Å². The third-order valence-corrected chi connectivity index (χ3v) is 3.53. The minimum atomic E-state index is -0.712. The Kier molecular flexibility index (Phi) is 3.02. The molecule has 0 radical (unpaired) electrons. The number of hydrogen-bond acceptors (Lipinski definition) is 4. The van der Waals surface area contributed by atoms with Crippen LogP contribution in [0.4, 0.5) is 0 Å². The van der Waals surface area contributed by atoms with Crippen LogP contribution in [-0.4, -0.2) is 21.4 Å². The first kappa shape index (κ1) is 12.8. The maximum atomic E-state index is 12.4. The molecule has 0 spiro atoms. The van der Waals surface area contributed by atoms with Gasteiger partial charge < -0.3 is 0 Å². The van der Waals surface area contributed by atoms with Gasteiger partial charge in [-0.3, -0.25) is 24.3 Å². The molecule has 2 amide bonds. The highest BCUT2D eigenvalue weighted by Gasteiger charge is 2.29. The van der Waals surface area contributed by atoms with Crippen LogP contribution in [0.15, 0.2) is 29.3 Å². The number of halogens is 1. The van der Waals surface area contributed by atoms with Crippen molar-refractivity contribution in [2.45, 2.75) is 18.9 Å². The van der Waals surface area contributed by atoms with Crippen LogP contribution in [0.25, 0.3) is 10.9 Å². The third-order valence-electron chi connectivity index (χ3n) is 3.29. The fourth-order valence-corrected chi connectivity index (χ4v) is 2.45. The Morgan fingerprint density at radius 2 is 2.10 bits per heavy atom. The van der Waals surface area contributed by atoms with Crippen molar-refractivity contribution < 1.29 is 9.59 Å². The molecule has 1 aromatic heterocycles. The van der Waals surface area contributed by atoms with Gasteiger partial charge in [-0.15, -0.1) is 0 Å². The number of piperidine rings is 1. The van der Waals surface area contributed by atoms with Crippen LogP contribution in [0.5, 0.6) is 0 Å². The maximum Gasteiger partial charge on any atom is 0.261 e. The summed E-state index contributed by atoms with van der Waals surface area (Å²) in [5, 5.41) is 3.00. The van der Waals surface area contributed by atoms with Crippen molar-refractivity contribution >= 4 is 34.3 Å². The van der Waals surface area contributed by atoms with Gasteiger partial charge in [-0.05, 0) is 24.6 Å². The average Bonchev–Trinajstić information content (AvgIpc) is 2.41. The monoisotopic (exact) mass is 291 g/mol. The molecule has 1 unspecified atom stereocenters. The molecule has 102 valence electrons. The number of hydrogen-bond donors (Lipinski definition) is 1. The summed E-state index contributed by atoms with van der Waals surface area (Å²) in [5.74, 6) is -0.803. The van der Waals surface area contributed by atoms with Crippen LogP contribution in [0, 0.1) is 0 Å². The van der Waals surface area contributed by atoms with Crippen molar-refractivity contribution in [2.75, 3.05) is 0 Å². The van der Waals surface area contributed by atoms with Crippen LogP contribution >= 0.6 is 11.6 Å². The van der Waals surface area contributed by atoms with Gasteiger partial charge in [0, 0.05) is 11.4 Å². The van der Waals surface area contributed by atoms with Gasteiger partial charge in [0.2, 0.25) is 11.8 Å². The molecule has 0 aliphatic carbocycles. The summed E-state index contributed by atoms with van der Waals surface area (Å²) in [5.41, 5.74) is 0.176. The Hall–Kier alpha value is -2.21. The number of carbonyl (C=O) groups is 2. The minimum Gasteiger partial charge on any atom is -0.295 e. The fourth-order valence-electron chi connectivity index (χ4n) is 2.28. The molecule has 3 rings (SSSR count). The van der Waals surface area contributed by atoms with Crippen molar-refractivity contribution in [1.29, 1.82) is 0 Å². The van der Waals surface area contributed by atoms with Gasteiger partial charge in [-0.1, -0.05) is 11.6 Å². The molecule has 6 nitrogen and oxygen atoms in total. The van der Waals surface area contributed by atoms with E-state index in [1.807, 2.05) is 0 Å². The summed E-state index contributed by atoms with van der Waals surface area (Å²) in [4.78, 5) is 39.5. The number of benzene rings is 1. The molecule has 1 aromatic carbocycles. The topological polar surface area (TPSA) is 81.1 Å². The van der Waals surface area contributed by atoms with Crippen LogP contribution in [0.2, 0.25) is 5.02 Å². The van der Waals surface area contributed by atoms with E-state index in [0.29, 0.717) is 22.3 Å². The highest BCUT2D eigenvalue weighted by molar-refractivity contribution is 6.31. The van der Waals surface area contributed by atoms with E-state index < -0.39 is 11.9 Å². The van der Waals surface area contributed by atoms with Gasteiger partial charge in [0.1, 0.15) is 6.04 Å². The number of rotatable bonds is 1. The van der Waals surface area contributed by atoms with Crippen LogP contribution in [0.3, 0.4) is 0 Å². The van der Waals surface area contributed by atoms with E-state index in [2.05, 4.69) is 10.3 Å². The SMILES string of the molecule is O=C1CCC(n2cnc3ccc(Cl)cc3c2=O)C(=O)N1. The number of aromatic nitrogens is 2. The standard InChI is InChI=1S/C13H10ClN3O3/c14-7-1-2-9-8(5-7)13(20)17(6-15-9)10-3-4-11(18)16-12(10)19/h1-2,5-6,10H,3-4H2,(H,16,18,19). The molecular formula is C13H10ClN3O3. The molecular weight excluding hydrogens is 282 g/mol. The Balaban J connectivity index is 2.13. The number of nitrogens with one attached hydrogen (secondary N) is 1. The van der Waals surface area contributed by atoms with E-state index >= 15 is 0 Å².